The molecule has 1 fully saturated rings. The number of aliphatic carboxylic acids is 1. The minimum atomic E-state index is -0.669. The second-order valence-electron chi connectivity index (χ2n) is 4.72. The molecule has 0 aromatic heterocycles. The van der Waals surface area contributed by atoms with E-state index in [9.17, 15) is 9.90 Å². The van der Waals surface area contributed by atoms with E-state index in [0.717, 1.165) is 32.2 Å². The summed E-state index contributed by atoms with van der Waals surface area (Å²) in [7, 11) is 0. The van der Waals surface area contributed by atoms with Crippen LogP contribution in [0.5, 0.6) is 0 Å². The van der Waals surface area contributed by atoms with E-state index < -0.39 is 11.5 Å². The van der Waals surface area contributed by atoms with Crippen LogP contribution in [0.1, 0.15) is 46.0 Å². The summed E-state index contributed by atoms with van der Waals surface area (Å²) < 4.78 is 0. The molecule has 0 unspecified atom stereocenters. The monoisotopic (exact) mass is 199 g/mol. The number of hydrogen-bond donors (Lipinski definition) is 2. The minimum absolute atomic E-state index is 0.508. The van der Waals surface area contributed by atoms with Crippen molar-refractivity contribution in [3.05, 3.63) is 0 Å². The number of nitrogens with one attached hydrogen (secondary N) is 1. The van der Waals surface area contributed by atoms with E-state index in [4.69, 9.17) is 0 Å². The van der Waals surface area contributed by atoms with Crippen LogP contribution in [0.2, 0.25) is 0 Å². The van der Waals surface area contributed by atoms with E-state index in [0.29, 0.717) is 5.92 Å². The van der Waals surface area contributed by atoms with Crippen molar-refractivity contribution in [3.8, 4) is 0 Å². The molecule has 1 aliphatic carbocycles. The van der Waals surface area contributed by atoms with E-state index in [1.165, 1.54) is 6.42 Å². The molecule has 2 N–H and O–H groups in total. The van der Waals surface area contributed by atoms with Gasteiger partial charge in [-0.25, -0.2) is 0 Å². The average molecular weight is 199 g/mol. The van der Waals surface area contributed by atoms with Gasteiger partial charge in [0.1, 0.15) is 5.54 Å². The van der Waals surface area contributed by atoms with Crippen molar-refractivity contribution in [2.24, 2.45) is 5.92 Å². The first-order chi connectivity index (χ1) is 6.57. The highest BCUT2D eigenvalue weighted by Crippen LogP contribution is 2.28. The molecule has 1 aliphatic rings. The van der Waals surface area contributed by atoms with E-state index in [2.05, 4.69) is 19.2 Å². The molecule has 0 saturated heterocycles. The van der Waals surface area contributed by atoms with Crippen molar-refractivity contribution in [2.75, 3.05) is 6.54 Å². The highest BCUT2D eigenvalue weighted by molar-refractivity contribution is 5.78. The van der Waals surface area contributed by atoms with Gasteiger partial charge in [-0.15, -0.1) is 0 Å². The van der Waals surface area contributed by atoms with Crippen LogP contribution in [0.25, 0.3) is 0 Å². The first kappa shape index (κ1) is 11.5. The normalized spacial score (nSPS) is 21.1. The van der Waals surface area contributed by atoms with Gasteiger partial charge in [0.25, 0.3) is 0 Å². The second-order valence-corrected chi connectivity index (χ2v) is 4.72. The summed E-state index contributed by atoms with van der Waals surface area (Å²) in [4.78, 5) is 11.2. The van der Waals surface area contributed by atoms with Crippen LogP contribution < -0.4 is 5.32 Å². The number of carboxylic acid groups (broad SMARTS) is 1. The van der Waals surface area contributed by atoms with E-state index in [1.807, 2.05) is 0 Å². The Morgan fingerprint density at radius 3 is 2.36 bits per heavy atom. The number of hydrogen-bond acceptors (Lipinski definition) is 2. The summed E-state index contributed by atoms with van der Waals surface area (Å²) in [5.41, 5.74) is -0.622. The SMILES string of the molecule is CC(C)CNC1(C(=O)O)CCCCC1. The summed E-state index contributed by atoms with van der Waals surface area (Å²) in [6, 6.07) is 0. The van der Waals surface area contributed by atoms with Gasteiger partial charge >= 0.3 is 5.97 Å². The largest absolute Gasteiger partial charge is 0.480 e. The molecule has 1 saturated carbocycles. The Morgan fingerprint density at radius 1 is 1.36 bits per heavy atom. The van der Waals surface area contributed by atoms with Crippen LogP contribution in [0.15, 0.2) is 0 Å². The third-order valence-corrected chi connectivity index (χ3v) is 2.97. The standard InChI is InChI=1S/C11H21NO2/c1-9(2)8-12-11(10(13)14)6-4-3-5-7-11/h9,12H,3-8H2,1-2H3,(H,13,14). The van der Waals surface area contributed by atoms with Crippen molar-refractivity contribution < 1.29 is 9.90 Å². The Bertz CT molecular complexity index is 195. The summed E-state index contributed by atoms with van der Waals surface area (Å²) >= 11 is 0. The van der Waals surface area contributed by atoms with Crippen LogP contribution in [0.4, 0.5) is 0 Å². The molecule has 82 valence electrons. The van der Waals surface area contributed by atoms with Crippen molar-refractivity contribution in [1.82, 2.24) is 5.32 Å². The molecule has 0 aromatic carbocycles. The van der Waals surface area contributed by atoms with Gasteiger partial charge in [-0.05, 0) is 25.3 Å². The molecule has 0 aromatic rings. The van der Waals surface area contributed by atoms with Gasteiger partial charge in [-0.2, -0.15) is 0 Å². The fraction of sp³-hybridized carbons (Fsp3) is 0.909. The maximum atomic E-state index is 11.2. The molecule has 3 nitrogen and oxygen atoms in total. The van der Waals surface area contributed by atoms with Crippen LogP contribution in [0, 0.1) is 5.92 Å². The highest BCUT2D eigenvalue weighted by atomic mass is 16.4. The molecule has 3 heteroatoms. The molecule has 0 aliphatic heterocycles. The molecule has 1 rings (SSSR count). The lowest BCUT2D eigenvalue weighted by Crippen LogP contribution is -2.54. The van der Waals surface area contributed by atoms with Gasteiger partial charge in [0.2, 0.25) is 0 Å². The Balaban J connectivity index is 2.56. The van der Waals surface area contributed by atoms with Crippen molar-refractivity contribution in [3.63, 3.8) is 0 Å². The molecule has 14 heavy (non-hydrogen) atoms. The quantitative estimate of drug-likeness (QED) is 0.728. The number of carbonyl (C=O) groups is 1. The van der Waals surface area contributed by atoms with E-state index in [1.54, 1.807) is 0 Å². The molecular formula is C11H21NO2. The minimum Gasteiger partial charge on any atom is -0.480 e. The second kappa shape index (κ2) is 4.78. The predicted octanol–water partition coefficient (Wildman–Crippen LogP) is 2.02. The fourth-order valence-electron chi connectivity index (χ4n) is 2.02. The lowest BCUT2D eigenvalue weighted by Gasteiger charge is -2.34. The zero-order valence-corrected chi connectivity index (χ0v) is 9.18. The maximum Gasteiger partial charge on any atom is 0.323 e. The third-order valence-electron chi connectivity index (χ3n) is 2.97. The predicted molar refractivity (Wildman–Crippen MR) is 56.3 cm³/mol. The van der Waals surface area contributed by atoms with Crippen molar-refractivity contribution >= 4 is 5.97 Å². The van der Waals surface area contributed by atoms with Gasteiger partial charge in [-0.3, -0.25) is 4.79 Å². The molecule has 0 radical (unpaired) electrons. The molecule has 0 spiro atoms. The summed E-state index contributed by atoms with van der Waals surface area (Å²) in [6.45, 7) is 5.00. The van der Waals surface area contributed by atoms with Gasteiger partial charge in [0.15, 0.2) is 0 Å². The Morgan fingerprint density at radius 2 is 1.93 bits per heavy atom. The summed E-state index contributed by atoms with van der Waals surface area (Å²) in [5.74, 6) is -0.161. The highest BCUT2D eigenvalue weighted by Gasteiger charge is 2.38. The van der Waals surface area contributed by atoms with Gasteiger partial charge in [-0.1, -0.05) is 33.1 Å². The average Bonchev–Trinajstić information content (AvgIpc) is 2.16. The Kier molecular flexibility index (Phi) is 3.93. The van der Waals surface area contributed by atoms with E-state index >= 15 is 0 Å². The van der Waals surface area contributed by atoms with Crippen LogP contribution in [0.3, 0.4) is 0 Å². The van der Waals surface area contributed by atoms with Crippen LogP contribution >= 0.6 is 0 Å². The maximum absolute atomic E-state index is 11.2. The zero-order chi connectivity index (χ0) is 10.6. The number of carboxylic acids is 1. The van der Waals surface area contributed by atoms with Crippen LogP contribution in [-0.4, -0.2) is 23.2 Å². The topological polar surface area (TPSA) is 49.3 Å². The zero-order valence-electron chi connectivity index (χ0n) is 9.18. The summed E-state index contributed by atoms with van der Waals surface area (Å²) in [6.07, 6.45) is 4.83. The van der Waals surface area contributed by atoms with Crippen molar-refractivity contribution in [1.29, 1.82) is 0 Å². The Hall–Kier alpha value is -0.570. The van der Waals surface area contributed by atoms with Gasteiger partial charge in [0, 0.05) is 0 Å². The third kappa shape index (κ3) is 2.71. The first-order valence-corrected chi connectivity index (χ1v) is 5.55. The van der Waals surface area contributed by atoms with Gasteiger partial charge in [0.05, 0.1) is 0 Å². The van der Waals surface area contributed by atoms with Crippen LogP contribution in [-0.2, 0) is 4.79 Å². The Labute approximate surface area is 85.9 Å². The molecule has 0 atom stereocenters. The molecule has 0 bridgehead atoms. The first-order valence-electron chi connectivity index (χ1n) is 5.55. The fourth-order valence-corrected chi connectivity index (χ4v) is 2.02. The lowest BCUT2D eigenvalue weighted by atomic mass is 9.81. The van der Waals surface area contributed by atoms with Gasteiger partial charge < -0.3 is 10.4 Å². The smallest absolute Gasteiger partial charge is 0.323 e. The summed E-state index contributed by atoms with van der Waals surface area (Å²) in [5, 5.41) is 12.5. The molecular weight excluding hydrogens is 178 g/mol. The molecule has 0 heterocycles. The van der Waals surface area contributed by atoms with E-state index in [-0.39, 0.29) is 0 Å². The number of rotatable bonds is 4. The lowest BCUT2D eigenvalue weighted by molar-refractivity contribution is -0.146. The van der Waals surface area contributed by atoms with Crippen molar-refractivity contribution in [2.45, 2.75) is 51.5 Å². The molecule has 0 amide bonds.